The quantitative estimate of drug-likeness (QED) is 0.799. The molecule has 0 spiro atoms. The molecule has 16 heavy (non-hydrogen) atoms. The van der Waals surface area contributed by atoms with Crippen LogP contribution in [0.2, 0.25) is 0 Å². The van der Waals surface area contributed by atoms with Crippen LogP contribution < -0.4 is 0 Å². The molecule has 3 nitrogen and oxygen atoms in total. The van der Waals surface area contributed by atoms with Gasteiger partial charge in [-0.3, -0.25) is 4.68 Å². The van der Waals surface area contributed by atoms with Gasteiger partial charge in [0.15, 0.2) is 0 Å². The van der Waals surface area contributed by atoms with Gasteiger partial charge in [-0.2, -0.15) is 5.10 Å². The number of aryl methyl sites for hydroxylation is 2. The van der Waals surface area contributed by atoms with E-state index in [0.29, 0.717) is 10.7 Å². The predicted octanol–water partition coefficient (Wildman–Crippen LogP) is 2.55. The van der Waals surface area contributed by atoms with Crippen LogP contribution in [-0.4, -0.2) is 27.8 Å². The fourth-order valence-corrected chi connectivity index (χ4v) is 2.79. The third kappa shape index (κ3) is 2.66. The van der Waals surface area contributed by atoms with Crippen molar-refractivity contribution in [2.75, 3.05) is 13.2 Å². The number of alkyl halides is 1. The van der Waals surface area contributed by atoms with Crippen LogP contribution in [0.15, 0.2) is 6.07 Å². The summed E-state index contributed by atoms with van der Waals surface area (Å²) in [5, 5.41) is 4.48. The lowest BCUT2D eigenvalue weighted by atomic mass is 9.96. The molecule has 90 valence electrons. The number of halogens is 1. The lowest BCUT2D eigenvalue weighted by molar-refractivity contribution is 0.0598. The van der Waals surface area contributed by atoms with Crippen molar-refractivity contribution in [2.24, 2.45) is 5.92 Å². The van der Waals surface area contributed by atoms with E-state index in [1.54, 1.807) is 0 Å². The van der Waals surface area contributed by atoms with E-state index < -0.39 is 0 Å². The second-order valence-electron chi connectivity index (χ2n) is 4.44. The van der Waals surface area contributed by atoms with Crippen molar-refractivity contribution in [3.63, 3.8) is 0 Å². The Morgan fingerprint density at radius 1 is 1.62 bits per heavy atom. The van der Waals surface area contributed by atoms with Gasteiger partial charge in [0, 0.05) is 29.6 Å². The van der Waals surface area contributed by atoms with E-state index in [1.807, 2.05) is 0 Å². The molecule has 2 unspecified atom stereocenters. The second-order valence-corrected chi connectivity index (χ2v) is 5.61. The van der Waals surface area contributed by atoms with Crippen molar-refractivity contribution in [2.45, 2.75) is 38.1 Å². The normalized spacial score (nSPS) is 25.9. The molecule has 1 aliphatic heterocycles. The van der Waals surface area contributed by atoms with E-state index in [9.17, 15) is 0 Å². The van der Waals surface area contributed by atoms with Crippen LogP contribution in [0.1, 0.15) is 24.7 Å². The van der Waals surface area contributed by atoms with E-state index in [1.165, 1.54) is 5.69 Å². The fourth-order valence-electron chi connectivity index (χ4n) is 2.26. The molecule has 0 aromatic carbocycles. The predicted molar refractivity (Wildman–Crippen MR) is 68.0 cm³/mol. The van der Waals surface area contributed by atoms with Gasteiger partial charge in [-0.1, -0.05) is 15.9 Å². The molecule has 0 radical (unpaired) electrons. The second kappa shape index (κ2) is 5.32. The van der Waals surface area contributed by atoms with Crippen LogP contribution in [-0.2, 0) is 17.7 Å². The van der Waals surface area contributed by atoms with Crippen molar-refractivity contribution in [1.82, 2.24) is 9.78 Å². The molecule has 0 aliphatic carbocycles. The van der Waals surface area contributed by atoms with E-state index in [4.69, 9.17) is 4.74 Å². The minimum absolute atomic E-state index is 0.579. The zero-order valence-corrected chi connectivity index (χ0v) is 11.5. The first-order valence-electron chi connectivity index (χ1n) is 5.96. The zero-order chi connectivity index (χ0) is 11.5. The molecule has 0 bridgehead atoms. The first-order chi connectivity index (χ1) is 7.70. The number of aromatic nitrogens is 2. The molecule has 0 N–H and O–H groups in total. The Labute approximate surface area is 105 Å². The molecule has 1 aliphatic rings. The van der Waals surface area contributed by atoms with E-state index in [-0.39, 0.29) is 0 Å². The largest absolute Gasteiger partial charge is 0.381 e. The first-order valence-corrected chi connectivity index (χ1v) is 6.87. The van der Waals surface area contributed by atoms with Gasteiger partial charge in [-0.25, -0.2) is 0 Å². The van der Waals surface area contributed by atoms with Crippen LogP contribution in [0, 0.1) is 12.8 Å². The maximum Gasteiger partial charge on any atom is 0.0596 e. The van der Waals surface area contributed by atoms with Crippen LogP contribution in [0.3, 0.4) is 0 Å². The number of hydrogen-bond acceptors (Lipinski definition) is 2. The van der Waals surface area contributed by atoms with Gasteiger partial charge in [0.2, 0.25) is 0 Å². The molecule has 1 fully saturated rings. The van der Waals surface area contributed by atoms with Gasteiger partial charge in [-0.05, 0) is 32.8 Å². The summed E-state index contributed by atoms with van der Waals surface area (Å²) in [5.74, 6) is 0.579. The van der Waals surface area contributed by atoms with Crippen molar-refractivity contribution in [1.29, 1.82) is 0 Å². The molecular formula is C12H19BrN2O. The highest BCUT2D eigenvalue weighted by Gasteiger charge is 2.24. The SMILES string of the molecule is CCn1nc(C)cc1CC1COCCC1Br. The first kappa shape index (κ1) is 12.1. The Bertz CT molecular complexity index is 351. The minimum Gasteiger partial charge on any atom is -0.381 e. The summed E-state index contributed by atoms with van der Waals surface area (Å²) in [6.07, 6.45) is 2.18. The highest BCUT2D eigenvalue weighted by Crippen LogP contribution is 2.25. The van der Waals surface area contributed by atoms with Crippen molar-refractivity contribution in [3.8, 4) is 0 Å². The average Bonchev–Trinajstić information content (AvgIpc) is 2.62. The molecular weight excluding hydrogens is 268 g/mol. The molecule has 0 amide bonds. The Kier molecular flexibility index (Phi) is 4.03. The third-order valence-electron chi connectivity index (χ3n) is 3.14. The molecule has 1 aromatic rings. The summed E-state index contributed by atoms with van der Waals surface area (Å²) in [6, 6.07) is 2.19. The summed E-state index contributed by atoms with van der Waals surface area (Å²) in [4.78, 5) is 0.585. The van der Waals surface area contributed by atoms with E-state index in [2.05, 4.69) is 45.6 Å². The Morgan fingerprint density at radius 2 is 2.44 bits per heavy atom. The maximum absolute atomic E-state index is 5.55. The number of nitrogens with zero attached hydrogens (tertiary/aromatic N) is 2. The van der Waals surface area contributed by atoms with Crippen LogP contribution >= 0.6 is 15.9 Å². The lowest BCUT2D eigenvalue weighted by Gasteiger charge is -2.27. The Hall–Kier alpha value is -0.350. The Morgan fingerprint density at radius 3 is 3.12 bits per heavy atom. The number of hydrogen-bond donors (Lipinski definition) is 0. The van der Waals surface area contributed by atoms with Crippen molar-refractivity contribution < 1.29 is 4.74 Å². The summed E-state index contributed by atoms with van der Waals surface area (Å²) in [7, 11) is 0. The number of rotatable bonds is 3. The summed E-state index contributed by atoms with van der Waals surface area (Å²) in [5.41, 5.74) is 2.44. The zero-order valence-electron chi connectivity index (χ0n) is 9.95. The van der Waals surface area contributed by atoms with Gasteiger partial charge in [-0.15, -0.1) is 0 Å². The Balaban J connectivity index is 2.06. The van der Waals surface area contributed by atoms with Crippen molar-refractivity contribution >= 4 is 15.9 Å². The van der Waals surface area contributed by atoms with Gasteiger partial charge in [0.05, 0.1) is 12.3 Å². The molecule has 1 aromatic heterocycles. The monoisotopic (exact) mass is 286 g/mol. The van der Waals surface area contributed by atoms with Gasteiger partial charge in [0.25, 0.3) is 0 Å². The molecule has 2 heterocycles. The molecule has 1 saturated heterocycles. The van der Waals surface area contributed by atoms with Crippen LogP contribution in [0.4, 0.5) is 0 Å². The minimum atomic E-state index is 0.579. The molecule has 4 heteroatoms. The summed E-state index contributed by atoms with van der Waals surface area (Å²) < 4.78 is 7.65. The fraction of sp³-hybridized carbons (Fsp3) is 0.750. The molecule has 2 rings (SSSR count). The highest BCUT2D eigenvalue weighted by molar-refractivity contribution is 9.09. The summed E-state index contributed by atoms with van der Waals surface area (Å²) >= 11 is 3.76. The highest BCUT2D eigenvalue weighted by atomic mass is 79.9. The summed E-state index contributed by atoms with van der Waals surface area (Å²) in [6.45, 7) is 6.89. The lowest BCUT2D eigenvalue weighted by Crippen LogP contribution is -2.30. The van der Waals surface area contributed by atoms with Crippen molar-refractivity contribution in [3.05, 3.63) is 17.5 Å². The van der Waals surface area contributed by atoms with E-state index in [0.717, 1.165) is 38.3 Å². The van der Waals surface area contributed by atoms with Gasteiger partial charge in [0.1, 0.15) is 0 Å². The number of ether oxygens (including phenoxy) is 1. The van der Waals surface area contributed by atoms with E-state index >= 15 is 0 Å². The molecule has 0 saturated carbocycles. The maximum atomic E-state index is 5.55. The van der Waals surface area contributed by atoms with Crippen LogP contribution in [0.5, 0.6) is 0 Å². The topological polar surface area (TPSA) is 27.1 Å². The smallest absolute Gasteiger partial charge is 0.0596 e. The van der Waals surface area contributed by atoms with Crippen LogP contribution in [0.25, 0.3) is 0 Å². The van der Waals surface area contributed by atoms with Gasteiger partial charge >= 0.3 is 0 Å². The van der Waals surface area contributed by atoms with Gasteiger partial charge < -0.3 is 4.74 Å². The molecule has 2 atom stereocenters. The standard InChI is InChI=1S/C12H19BrN2O/c1-3-15-11(6-9(2)14-15)7-10-8-16-5-4-12(10)13/h6,10,12H,3-5,7-8H2,1-2H3. The average molecular weight is 287 g/mol. The third-order valence-corrected chi connectivity index (χ3v) is 4.34.